The minimum Gasteiger partial charge on any atom is -0.384 e. The molecule has 0 radical (unpaired) electrons. The van der Waals surface area contributed by atoms with E-state index in [2.05, 4.69) is 5.32 Å². The Morgan fingerprint density at radius 1 is 1.50 bits per heavy atom. The van der Waals surface area contributed by atoms with Crippen LogP contribution in [-0.4, -0.2) is 11.5 Å². The Morgan fingerprint density at radius 2 is 2.21 bits per heavy atom. The Labute approximate surface area is 85.7 Å². The maximum absolute atomic E-state index is 13.2. The minimum absolute atomic E-state index is 0. The molecule has 0 aromatic heterocycles. The van der Waals surface area contributed by atoms with Gasteiger partial charge in [0.05, 0.1) is 11.0 Å². The van der Waals surface area contributed by atoms with E-state index in [1.54, 1.807) is 0 Å². The van der Waals surface area contributed by atoms with Gasteiger partial charge >= 0.3 is 0 Å². The molecule has 6 heteroatoms. The van der Waals surface area contributed by atoms with E-state index in [0.717, 1.165) is 6.07 Å². The van der Waals surface area contributed by atoms with Crippen LogP contribution < -0.4 is 5.32 Å². The monoisotopic (exact) mass is 218 g/mol. The fourth-order valence-corrected chi connectivity index (χ4v) is 1.46. The molecular formula is C8H8ClFN2O2. The van der Waals surface area contributed by atoms with Crippen molar-refractivity contribution in [2.45, 2.75) is 6.42 Å². The van der Waals surface area contributed by atoms with Gasteiger partial charge in [-0.2, -0.15) is 0 Å². The summed E-state index contributed by atoms with van der Waals surface area (Å²) in [6, 6.07) is 2.33. The zero-order valence-electron chi connectivity index (χ0n) is 7.12. The third-order valence-electron chi connectivity index (χ3n) is 2.08. The van der Waals surface area contributed by atoms with E-state index in [4.69, 9.17) is 0 Å². The highest BCUT2D eigenvalue weighted by atomic mass is 35.5. The van der Waals surface area contributed by atoms with Crippen LogP contribution >= 0.6 is 12.4 Å². The van der Waals surface area contributed by atoms with E-state index in [9.17, 15) is 14.5 Å². The lowest BCUT2D eigenvalue weighted by Gasteiger charge is -2.00. The maximum atomic E-state index is 13.2. The molecule has 1 aliphatic rings. The van der Waals surface area contributed by atoms with Crippen LogP contribution in [0.15, 0.2) is 12.1 Å². The fraction of sp³-hybridized carbons (Fsp3) is 0.250. The lowest BCUT2D eigenvalue weighted by molar-refractivity contribution is -0.385. The molecule has 0 saturated carbocycles. The molecular weight excluding hydrogens is 211 g/mol. The quantitative estimate of drug-likeness (QED) is 0.580. The number of hydrogen-bond donors (Lipinski definition) is 1. The predicted molar refractivity (Wildman–Crippen MR) is 52.5 cm³/mol. The van der Waals surface area contributed by atoms with Crippen molar-refractivity contribution in [1.29, 1.82) is 0 Å². The predicted octanol–water partition coefficient (Wildman–Crippen LogP) is 2.12. The summed E-state index contributed by atoms with van der Waals surface area (Å²) in [7, 11) is 0. The summed E-state index contributed by atoms with van der Waals surface area (Å²) >= 11 is 0. The van der Waals surface area contributed by atoms with Gasteiger partial charge in [-0.25, -0.2) is 4.39 Å². The van der Waals surface area contributed by atoms with Crippen molar-refractivity contribution in [3.05, 3.63) is 33.6 Å². The lowest BCUT2D eigenvalue weighted by atomic mass is 10.1. The topological polar surface area (TPSA) is 55.2 Å². The standard InChI is InChI=1S/C8H7FN2O2.ClH/c9-7-3-5(11(12)13)4-8-6(7)1-2-10-8;/h3-4,10H,1-2H2;1H. The summed E-state index contributed by atoms with van der Waals surface area (Å²) in [5.74, 6) is -0.491. The molecule has 1 aromatic rings. The number of hydrogen-bond acceptors (Lipinski definition) is 3. The molecule has 0 bridgehead atoms. The third-order valence-corrected chi connectivity index (χ3v) is 2.08. The summed E-state index contributed by atoms with van der Waals surface area (Å²) in [5.41, 5.74) is 0.892. The van der Waals surface area contributed by atoms with Gasteiger partial charge in [0.2, 0.25) is 0 Å². The molecule has 1 aliphatic heterocycles. The fourth-order valence-electron chi connectivity index (χ4n) is 1.46. The summed E-state index contributed by atoms with van der Waals surface area (Å²) in [5, 5.41) is 13.3. The first-order valence-electron chi connectivity index (χ1n) is 3.89. The van der Waals surface area contributed by atoms with Crippen LogP contribution in [-0.2, 0) is 6.42 Å². The number of nitrogens with zero attached hydrogens (tertiary/aromatic N) is 1. The molecule has 0 unspecified atom stereocenters. The number of rotatable bonds is 1. The zero-order valence-corrected chi connectivity index (χ0v) is 7.94. The van der Waals surface area contributed by atoms with Crippen LogP contribution in [0, 0.1) is 15.9 Å². The molecule has 14 heavy (non-hydrogen) atoms. The van der Waals surface area contributed by atoms with Gasteiger partial charge in [0.15, 0.2) is 0 Å². The van der Waals surface area contributed by atoms with E-state index in [1.807, 2.05) is 0 Å². The van der Waals surface area contributed by atoms with Crippen LogP contribution in [0.1, 0.15) is 5.56 Å². The Hall–Kier alpha value is -1.36. The van der Waals surface area contributed by atoms with Gasteiger partial charge in [-0.15, -0.1) is 12.4 Å². The van der Waals surface area contributed by atoms with Gasteiger partial charge in [-0.05, 0) is 6.42 Å². The van der Waals surface area contributed by atoms with Crippen LogP contribution in [0.2, 0.25) is 0 Å². The molecule has 0 amide bonds. The van der Waals surface area contributed by atoms with Crippen LogP contribution in [0.3, 0.4) is 0 Å². The summed E-state index contributed by atoms with van der Waals surface area (Å²) in [6.45, 7) is 0.646. The van der Waals surface area contributed by atoms with Crippen molar-refractivity contribution in [1.82, 2.24) is 0 Å². The molecule has 0 aliphatic carbocycles. The first-order valence-corrected chi connectivity index (χ1v) is 3.89. The highest BCUT2D eigenvalue weighted by molar-refractivity contribution is 5.85. The van der Waals surface area contributed by atoms with Gasteiger partial charge in [0, 0.05) is 23.9 Å². The van der Waals surface area contributed by atoms with Crippen molar-refractivity contribution in [3.8, 4) is 0 Å². The molecule has 1 N–H and O–H groups in total. The van der Waals surface area contributed by atoms with Crippen molar-refractivity contribution >= 4 is 23.8 Å². The largest absolute Gasteiger partial charge is 0.384 e. The summed E-state index contributed by atoms with van der Waals surface area (Å²) in [4.78, 5) is 9.77. The summed E-state index contributed by atoms with van der Waals surface area (Å²) in [6.07, 6.45) is 0.596. The van der Waals surface area contributed by atoms with Gasteiger partial charge in [-0.1, -0.05) is 0 Å². The lowest BCUT2D eigenvalue weighted by Crippen LogP contribution is -1.93. The molecule has 1 aromatic carbocycles. The number of fused-ring (bicyclic) bond motifs is 1. The van der Waals surface area contributed by atoms with E-state index in [0.29, 0.717) is 24.2 Å². The number of halogens is 2. The maximum Gasteiger partial charge on any atom is 0.274 e. The SMILES string of the molecule is Cl.O=[N+]([O-])c1cc(F)c2c(c1)NCC2. The molecule has 0 fully saturated rings. The van der Waals surface area contributed by atoms with Gasteiger partial charge in [0.1, 0.15) is 5.82 Å². The molecule has 0 atom stereocenters. The second-order valence-electron chi connectivity index (χ2n) is 2.89. The number of non-ortho nitro benzene ring substituents is 1. The molecule has 4 nitrogen and oxygen atoms in total. The number of nitro groups is 1. The van der Waals surface area contributed by atoms with Crippen LogP contribution in [0.4, 0.5) is 15.8 Å². The average Bonchev–Trinajstić information content (AvgIpc) is 2.51. The second-order valence-corrected chi connectivity index (χ2v) is 2.89. The third kappa shape index (κ3) is 1.63. The number of nitrogens with one attached hydrogen (secondary N) is 1. The first kappa shape index (κ1) is 10.7. The van der Waals surface area contributed by atoms with Gasteiger partial charge < -0.3 is 5.32 Å². The van der Waals surface area contributed by atoms with E-state index in [1.165, 1.54) is 6.07 Å². The molecule has 1 heterocycles. The highest BCUT2D eigenvalue weighted by Gasteiger charge is 2.19. The first-order chi connectivity index (χ1) is 6.18. The van der Waals surface area contributed by atoms with Gasteiger partial charge in [-0.3, -0.25) is 10.1 Å². The van der Waals surface area contributed by atoms with E-state index < -0.39 is 10.7 Å². The zero-order chi connectivity index (χ0) is 9.42. The Kier molecular flexibility index (Phi) is 2.90. The number of anilines is 1. The van der Waals surface area contributed by atoms with Crippen LogP contribution in [0.25, 0.3) is 0 Å². The molecule has 76 valence electrons. The molecule has 0 saturated heterocycles. The number of benzene rings is 1. The van der Waals surface area contributed by atoms with E-state index >= 15 is 0 Å². The number of nitro benzene ring substituents is 1. The van der Waals surface area contributed by atoms with Crippen molar-refractivity contribution in [3.63, 3.8) is 0 Å². The highest BCUT2D eigenvalue weighted by Crippen LogP contribution is 2.29. The summed E-state index contributed by atoms with van der Waals surface area (Å²) < 4.78 is 13.2. The Balaban J connectivity index is 0.000000980. The second kappa shape index (κ2) is 3.79. The normalized spacial score (nSPS) is 12.6. The molecule has 2 rings (SSSR count). The van der Waals surface area contributed by atoms with Crippen molar-refractivity contribution in [2.24, 2.45) is 0 Å². The minimum atomic E-state index is -0.594. The Morgan fingerprint density at radius 3 is 2.86 bits per heavy atom. The Bertz CT molecular complexity index is 384. The van der Waals surface area contributed by atoms with Gasteiger partial charge in [0.25, 0.3) is 5.69 Å². The van der Waals surface area contributed by atoms with Crippen molar-refractivity contribution < 1.29 is 9.31 Å². The van der Waals surface area contributed by atoms with Crippen molar-refractivity contribution in [2.75, 3.05) is 11.9 Å². The van der Waals surface area contributed by atoms with E-state index in [-0.39, 0.29) is 18.1 Å². The average molecular weight is 219 g/mol. The smallest absolute Gasteiger partial charge is 0.274 e. The molecule has 0 spiro atoms. The van der Waals surface area contributed by atoms with Crippen LogP contribution in [0.5, 0.6) is 0 Å².